The van der Waals surface area contributed by atoms with E-state index in [4.69, 9.17) is 0 Å². The van der Waals surface area contributed by atoms with Crippen LogP contribution in [0, 0.1) is 11.8 Å². The van der Waals surface area contributed by atoms with E-state index in [0.717, 1.165) is 17.9 Å². The van der Waals surface area contributed by atoms with Gasteiger partial charge in [-0.25, -0.2) is 0 Å². The minimum absolute atomic E-state index is 0.836. The lowest BCUT2D eigenvalue weighted by Gasteiger charge is -2.37. The van der Waals surface area contributed by atoms with Crippen molar-refractivity contribution >= 4 is 0 Å². The maximum absolute atomic E-state index is 3.36. The van der Waals surface area contributed by atoms with Crippen molar-refractivity contribution in [1.82, 2.24) is 5.32 Å². The average Bonchev–Trinajstić information content (AvgIpc) is 1.82. The monoisotopic (exact) mass is 141 g/mol. The molecule has 0 spiro atoms. The van der Waals surface area contributed by atoms with E-state index >= 15 is 0 Å². The number of nitrogens with one attached hydrogen (secondary N) is 1. The van der Waals surface area contributed by atoms with E-state index < -0.39 is 0 Å². The molecule has 1 rings (SSSR count). The topological polar surface area (TPSA) is 12.0 Å². The van der Waals surface area contributed by atoms with Crippen molar-refractivity contribution < 1.29 is 0 Å². The zero-order valence-electron chi connectivity index (χ0n) is 7.35. The highest BCUT2D eigenvalue weighted by molar-refractivity contribution is 4.85. The summed E-state index contributed by atoms with van der Waals surface area (Å²) in [6.45, 7) is 4.62. The Morgan fingerprint density at radius 3 is 2.40 bits per heavy atom. The fourth-order valence-corrected chi connectivity index (χ4v) is 1.84. The van der Waals surface area contributed by atoms with Crippen LogP contribution in [0.2, 0.25) is 0 Å². The van der Waals surface area contributed by atoms with Gasteiger partial charge in [-0.15, -0.1) is 0 Å². The van der Waals surface area contributed by atoms with Crippen molar-refractivity contribution in [2.24, 2.45) is 11.8 Å². The van der Waals surface area contributed by atoms with Crippen LogP contribution in [0.5, 0.6) is 0 Å². The molecule has 0 aromatic heterocycles. The van der Waals surface area contributed by atoms with Crippen LogP contribution in [-0.4, -0.2) is 13.1 Å². The quantitative estimate of drug-likeness (QED) is 0.634. The first kappa shape index (κ1) is 8.06. The van der Waals surface area contributed by atoms with Crippen LogP contribution in [0.4, 0.5) is 0 Å². The highest BCUT2D eigenvalue weighted by Crippen LogP contribution is 2.32. The molecular weight excluding hydrogens is 122 g/mol. The first-order valence-corrected chi connectivity index (χ1v) is 4.41. The third-order valence-electron chi connectivity index (χ3n) is 2.56. The lowest BCUT2D eigenvalue weighted by molar-refractivity contribution is 0.188. The molecule has 10 heavy (non-hydrogen) atoms. The Balaban J connectivity index is 2.16. The molecule has 0 aromatic rings. The Bertz CT molecular complexity index is 96.9. The normalized spacial score (nSPS) is 32.4. The van der Waals surface area contributed by atoms with Crippen LogP contribution in [0.3, 0.4) is 0 Å². The van der Waals surface area contributed by atoms with Crippen LogP contribution < -0.4 is 5.32 Å². The summed E-state index contributed by atoms with van der Waals surface area (Å²) in [6, 6.07) is 0.836. The molecule has 60 valence electrons. The van der Waals surface area contributed by atoms with Crippen molar-refractivity contribution in [3.63, 3.8) is 0 Å². The van der Waals surface area contributed by atoms with Crippen molar-refractivity contribution in [2.45, 2.75) is 39.2 Å². The minimum atomic E-state index is 0.836. The molecule has 2 unspecified atom stereocenters. The molecule has 0 heterocycles. The highest BCUT2D eigenvalue weighted by atomic mass is 14.9. The Kier molecular flexibility index (Phi) is 2.72. The van der Waals surface area contributed by atoms with Crippen molar-refractivity contribution in [3.8, 4) is 0 Å². The average molecular weight is 141 g/mol. The zero-order valence-corrected chi connectivity index (χ0v) is 7.35. The Labute approximate surface area is 64.2 Å². The summed E-state index contributed by atoms with van der Waals surface area (Å²) in [7, 11) is 2.08. The molecule has 0 aliphatic heterocycles. The summed E-state index contributed by atoms with van der Waals surface area (Å²) >= 11 is 0. The maximum Gasteiger partial charge on any atom is 0.00925 e. The fourth-order valence-electron chi connectivity index (χ4n) is 1.84. The first-order valence-electron chi connectivity index (χ1n) is 4.41. The summed E-state index contributed by atoms with van der Waals surface area (Å²) < 4.78 is 0. The zero-order chi connectivity index (χ0) is 7.56. The number of hydrogen-bond acceptors (Lipinski definition) is 1. The van der Waals surface area contributed by atoms with E-state index in [9.17, 15) is 0 Å². The predicted molar refractivity (Wildman–Crippen MR) is 45.0 cm³/mol. The smallest absolute Gasteiger partial charge is 0.00925 e. The summed E-state index contributed by atoms with van der Waals surface area (Å²) in [5.41, 5.74) is 0. The molecule has 0 saturated heterocycles. The summed E-state index contributed by atoms with van der Waals surface area (Å²) in [6.07, 6.45) is 4.25. The number of rotatable bonds is 3. The minimum Gasteiger partial charge on any atom is -0.317 e. The molecule has 1 heteroatoms. The molecule has 1 fully saturated rings. The molecule has 1 saturated carbocycles. The van der Waals surface area contributed by atoms with Gasteiger partial charge in [0, 0.05) is 6.04 Å². The first-order chi connectivity index (χ1) is 4.74. The van der Waals surface area contributed by atoms with Crippen molar-refractivity contribution in [1.29, 1.82) is 0 Å². The van der Waals surface area contributed by atoms with Gasteiger partial charge in [-0.1, -0.05) is 13.8 Å². The van der Waals surface area contributed by atoms with Gasteiger partial charge in [-0.3, -0.25) is 0 Å². The molecule has 1 aliphatic carbocycles. The summed E-state index contributed by atoms with van der Waals surface area (Å²) in [5.74, 6) is 1.85. The molecular formula is C9H19N. The van der Waals surface area contributed by atoms with Gasteiger partial charge in [0.25, 0.3) is 0 Å². The van der Waals surface area contributed by atoms with Crippen LogP contribution in [0.1, 0.15) is 33.1 Å². The van der Waals surface area contributed by atoms with E-state index in [1.165, 1.54) is 19.3 Å². The molecule has 0 radical (unpaired) electrons. The van der Waals surface area contributed by atoms with Gasteiger partial charge in [0.05, 0.1) is 0 Å². The Hall–Kier alpha value is -0.0400. The predicted octanol–water partition coefficient (Wildman–Crippen LogP) is 2.03. The summed E-state index contributed by atoms with van der Waals surface area (Å²) in [4.78, 5) is 0. The molecule has 0 bridgehead atoms. The third kappa shape index (κ3) is 1.72. The van der Waals surface area contributed by atoms with E-state index in [-0.39, 0.29) is 0 Å². The molecule has 1 nitrogen and oxygen atoms in total. The van der Waals surface area contributed by atoms with Crippen molar-refractivity contribution in [2.75, 3.05) is 7.05 Å². The molecule has 2 atom stereocenters. The van der Waals surface area contributed by atoms with E-state index in [2.05, 4.69) is 26.2 Å². The van der Waals surface area contributed by atoms with Crippen molar-refractivity contribution in [3.05, 3.63) is 0 Å². The maximum atomic E-state index is 3.36. The second kappa shape index (κ2) is 3.38. The molecule has 0 aromatic carbocycles. The van der Waals surface area contributed by atoms with Gasteiger partial charge in [0.2, 0.25) is 0 Å². The molecule has 0 amide bonds. The SMILES string of the molecule is CNC1CCC1CC(C)C. The van der Waals surface area contributed by atoms with Gasteiger partial charge in [-0.2, -0.15) is 0 Å². The van der Waals surface area contributed by atoms with Gasteiger partial charge < -0.3 is 5.32 Å². The summed E-state index contributed by atoms with van der Waals surface area (Å²) in [5, 5.41) is 3.36. The van der Waals surface area contributed by atoms with Gasteiger partial charge in [0.1, 0.15) is 0 Å². The van der Waals surface area contributed by atoms with Crippen LogP contribution >= 0.6 is 0 Å². The largest absolute Gasteiger partial charge is 0.317 e. The van der Waals surface area contributed by atoms with Gasteiger partial charge >= 0.3 is 0 Å². The fraction of sp³-hybridized carbons (Fsp3) is 1.00. The van der Waals surface area contributed by atoms with Crippen LogP contribution in [-0.2, 0) is 0 Å². The standard InChI is InChI=1S/C9H19N/c1-7(2)6-8-4-5-9(8)10-3/h7-10H,4-6H2,1-3H3. The van der Waals surface area contributed by atoms with E-state index in [1.54, 1.807) is 0 Å². The lowest BCUT2D eigenvalue weighted by atomic mass is 9.75. The van der Waals surface area contributed by atoms with Gasteiger partial charge in [-0.05, 0) is 38.1 Å². The second-order valence-electron chi connectivity index (χ2n) is 3.86. The number of hydrogen-bond donors (Lipinski definition) is 1. The van der Waals surface area contributed by atoms with Gasteiger partial charge in [0.15, 0.2) is 0 Å². The highest BCUT2D eigenvalue weighted by Gasteiger charge is 2.29. The van der Waals surface area contributed by atoms with E-state index in [1.807, 2.05) is 0 Å². The lowest BCUT2D eigenvalue weighted by Crippen LogP contribution is -2.42. The van der Waals surface area contributed by atoms with E-state index in [0.29, 0.717) is 0 Å². The van der Waals surface area contributed by atoms with Crippen LogP contribution in [0.15, 0.2) is 0 Å². The second-order valence-corrected chi connectivity index (χ2v) is 3.86. The molecule has 1 N–H and O–H groups in total. The third-order valence-corrected chi connectivity index (χ3v) is 2.56. The molecule has 1 aliphatic rings. The Morgan fingerprint density at radius 1 is 1.40 bits per heavy atom. The Morgan fingerprint density at radius 2 is 2.10 bits per heavy atom. The van der Waals surface area contributed by atoms with Crippen LogP contribution in [0.25, 0.3) is 0 Å².